The molecule has 1 fully saturated rings. The zero-order valence-electron chi connectivity index (χ0n) is 18.9. The first-order valence-electron chi connectivity index (χ1n) is 11.8. The van der Waals surface area contributed by atoms with Gasteiger partial charge >= 0.3 is 0 Å². The van der Waals surface area contributed by atoms with Gasteiger partial charge in [-0.25, -0.2) is 0 Å². The number of aromatic hydroxyl groups is 2. The summed E-state index contributed by atoms with van der Waals surface area (Å²) in [6.45, 7) is 4.37. The molecule has 166 valence electrons. The van der Waals surface area contributed by atoms with Crippen molar-refractivity contribution in [3.8, 4) is 11.5 Å². The topological polar surface area (TPSA) is 65.2 Å². The Morgan fingerprint density at radius 3 is 1.65 bits per heavy atom. The van der Waals surface area contributed by atoms with Crippen molar-refractivity contribution >= 4 is 12.4 Å². The van der Waals surface area contributed by atoms with Gasteiger partial charge in [-0.3, -0.25) is 9.98 Å². The van der Waals surface area contributed by atoms with Crippen LogP contribution >= 0.6 is 0 Å². The Hall–Kier alpha value is -2.62. The highest BCUT2D eigenvalue weighted by molar-refractivity contribution is 5.84. The SMILES string of the molecule is CCCCc1ccc(O)c(C=NC2CCCC2N=Cc2cc(CCCC)ccc2O)c1. The number of aryl methyl sites for hydroxylation is 2. The van der Waals surface area contributed by atoms with E-state index in [9.17, 15) is 10.2 Å². The fourth-order valence-electron chi connectivity index (χ4n) is 4.11. The molecule has 0 amide bonds. The number of unbranched alkanes of at least 4 members (excludes halogenated alkanes) is 2. The normalized spacial score (nSPS) is 19.0. The number of nitrogens with zero attached hydrogens (tertiary/aromatic N) is 2. The number of hydrogen-bond donors (Lipinski definition) is 2. The van der Waals surface area contributed by atoms with E-state index in [1.165, 1.54) is 11.1 Å². The fraction of sp³-hybridized carbons (Fsp3) is 0.481. The summed E-state index contributed by atoms with van der Waals surface area (Å²) in [5, 5.41) is 20.4. The van der Waals surface area contributed by atoms with Gasteiger partial charge in [0, 0.05) is 23.6 Å². The minimum Gasteiger partial charge on any atom is -0.507 e. The molecule has 0 aromatic heterocycles. The summed E-state index contributed by atoms with van der Waals surface area (Å²) in [6.07, 6.45) is 13.4. The van der Waals surface area contributed by atoms with Crippen LogP contribution in [0.1, 0.15) is 81.0 Å². The maximum absolute atomic E-state index is 10.2. The van der Waals surface area contributed by atoms with Crippen LogP contribution in [-0.4, -0.2) is 34.7 Å². The van der Waals surface area contributed by atoms with Crippen molar-refractivity contribution in [2.24, 2.45) is 9.98 Å². The van der Waals surface area contributed by atoms with E-state index in [4.69, 9.17) is 9.98 Å². The van der Waals surface area contributed by atoms with Crippen molar-refractivity contribution in [1.82, 2.24) is 0 Å². The first-order valence-corrected chi connectivity index (χ1v) is 11.8. The van der Waals surface area contributed by atoms with E-state index in [2.05, 4.69) is 13.8 Å². The number of benzene rings is 2. The quantitative estimate of drug-likeness (QED) is 0.447. The van der Waals surface area contributed by atoms with Gasteiger partial charge in [-0.05, 0) is 80.3 Å². The van der Waals surface area contributed by atoms with Crippen LogP contribution in [0.15, 0.2) is 46.4 Å². The monoisotopic (exact) mass is 420 g/mol. The summed E-state index contributed by atoms with van der Waals surface area (Å²) in [7, 11) is 0. The van der Waals surface area contributed by atoms with Crippen molar-refractivity contribution in [3.05, 3.63) is 58.7 Å². The summed E-state index contributed by atoms with van der Waals surface area (Å²) >= 11 is 0. The number of phenolic OH excluding ortho intramolecular Hbond substituents is 2. The van der Waals surface area contributed by atoms with Crippen LogP contribution in [0.3, 0.4) is 0 Å². The van der Waals surface area contributed by atoms with E-state index in [0.717, 1.165) is 68.9 Å². The lowest BCUT2D eigenvalue weighted by Gasteiger charge is -2.12. The Bertz CT molecular complexity index is 831. The van der Waals surface area contributed by atoms with Crippen LogP contribution in [0, 0.1) is 0 Å². The number of rotatable bonds is 10. The summed E-state index contributed by atoms with van der Waals surface area (Å²) in [4.78, 5) is 9.58. The van der Waals surface area contributed by atoms with E-state index in [0.29, 0.717) is 0 Å². The van der Waals surface area contributed by atoms with Crippen molar-refractivity contribution in [3.63, 3.8) is 0 Å². The summed E-state index contributed by atoms with van der Waals surface area (Å²) < 4.78 is 0. The highest BCUT2D eigenvalue weighted by Gasteiger charge is 2.25. The lowest BCUT2D eigenvalue weighted by Crippen LogP contribution is -2.16. The fourth-order valence-corrected chi connectivity index (χ4v) is 4.11. The molecule has 0 saturated heterocycles. The Labute approximate surface area is 186 Å². The van der Waals surface area contributed by atoms with Gasteiger partial charge in [-0.15, -0.1) is 0 Å². The second kappa shape index (κ2) is 11.7. The Kier molecular flexibility index (Phi) is 8.69. The summed E-state index contributed by atoms with van der Waals surface area (Å²) in [5.74, 6) is 0.548. The zero-order chi connectivity index (χ0) is 22.1. The molecular formula is C27H36N2O2. The minimum absolute atomic E-state index is 0.111. The number of aliphatic imine (C=N–C) groups is 2. The average molecular weight is 421 g/mol. The largest absolute Gasteiger partial charge is 0.507 e. The molecule has 1 saturated carbocycles. The van der Waals surface area contributed by atoms with Gasteiger partial charge in [0.1, 0.15) is 11.5 Å². The molecule has 0 aliphatic heterocycles. The lowest BCUT2D eigenvalue weighted by molar-refractivity contribution is 0.473. The molecule has 2 unspecified atom stereocenters. The Balaban J connectivity index is 1.69. The van der Waals surface area contributed by atoms with Crippen LogP contribution in [0.25, 0.3) is 0 Å². The second-order valence-corrected chi connectivity index (χ2v) is 8.62. The van der Waals surface area contributed by atoms with Crippen molar-refractivity contribution in [1.29, 1.82) is 0 Å². The smallest absolute Gasteiger partial charge is 0.124 e. The second-order valence-electron chi connectivity index (χ2n) is 8.62. The van der Waals surface area contributed by atoms with Gasteiger partial charge in [0.15, 0.2) is 0 Å². The first kappa shape index (κ1) is 23.1. The van der Waals surface area contributed by atoms with E-state index < -0.39 is 0 Å². The molecule has 0 spiro atoms. The van der Waals surface area contributed by atoms with Gasteiger partial charge in [0.2, 0.25) is 0 Å². The van der Waals surface area contributed by atoms with Crippen LogP contribution in [0.4, 0.5) is 0 Å². The molecule has 3 rings (SSSR count). The van der Waals surface area contributed by atoms with Gasteiger partial charge in [0.25, 0.3) is 0 Å². The molecule has 2 atom stereocenters. The zero-order valence-corrected chi connectivity index (χ0v) is 18.9. The summed E-state index contributed by atoms with van der Waals surface area (Å²) in [6, 6.07) is 11.8. The first-order chi connectivity index (χ1) is 15.1. The molecule has 4 heteroatoms. The molecular weight excluding hydrogens is 384 g/mol. The Morgan fingerprint density at radius 1 is 0.774 bits per heavy atom. The molecule has 1 aliphatic rings. The van der Waals surface area contributed by atoms with Crippen LogP contribution < -0.4 is 0 Å². The van der Waals surface area contributed by atoms with E-state index in [1.54, 1.807) is 12.1 Å². The van der Waals surface area contributed by atoms with Gasteiger partial charge in [0.05, 0.1) is 12.1 Å². The number of hydrogen-bond acceptors (Lipinski definition) is 4. The molecule has 0 radical (unpaired) electrons. The predicted molar refractivity (Wildman–Crippen MR) is 130 cm³/mol. The molecule has 2 aromatic rings. The van der Waals surface area contributed by atoms with Gasteiger partial charge < -0.3 is 10.2 Å². The van der Waals surface area contributed by atoms with Crippen LogP contribution in [-0.2, 0) is 12.8 Å². The van der Waals surface area contributed by atoms with Crippen molar-refractivity contribution < 1.29 is 10.2 Å². The van der Waals surface area contributed by atoms with Gasteiger partial charge in [-0.1, -0.05) is 38.8 Å². The Morgan fingerprint density at radius 2 is 1.23 bits per heavy atom. The molecule has 1 aliphatic carbocycles. The summed E-state index contributed by atoms with van der Waals surface area (Å²) in [5.41, 5.74) is 4.04. The number of phenols is 2. The molecule has 4 nitrogen and oxygen atoms in total. The van der Waals surface area contributed by atoms with E-state index in [-0.39, 0.29) is 23.6 Å². The van der Waals surface area contributed by atoms with Crippen molar-refractivity contribution in [2.75, 3.05) is 0 Å². The third-order valence-electron chi connectivity index (χ3n) is 6.08. The highest BCUT2D eigenvalue weighted by atomic mass is 16.3. The predicted octanol–water partition coefficient (Wildman–Crippen LogP) is 6.24. The minimum atomic E-state index is 0.111. The average Bonchev–Trinajstić information content (AvgIpc) is 3.23. The van der Waals surface area contributed by atoms with E-state index in [1.807, 2.05) is 36.7 Å². The van der Waals surface area contributed by atoms with E-state index >= 15 is 0 Å². The standard InChI is InChI=1S/C27H36N2O2/c1-3-5-8-20-12-14-26(30)22(16-20)18-28-24-10-7-11-25(24)29-19-23-17-21(9-6-4-2)13-15-27(23)31/h12-19,24-25,30-31H,3-11H2,1-2H3. The van der Waals surface area contributed by atoms with Crippen LogP contribution in [0.2, 0.25) is 0 Å². The molecule has 0 bridgehead atoms. The molecule has 2 aromatic carbocycles. The van der Waals surface area contributed by atoms with Gasteiger partial charge in [-0.2, -0.15) is 0 Å². The molecule has 0 heterocycles. The molecule has 31 heavy (non-hydrogen) atoms. The lowest BCUT2D eigenvalue weighted by atomic mass is 10.0. The third kappa shape index (κ3) is 6.68. The maximum Gasteiger partial charge on any atom is 0.124 e. The molecule has 2 N–H and O–H groups in total. The van der Waals surface area contributed by atoms with Crippen LogP contribution in [0.5, 0.6) is 11.5 Å². The third-order valence-corrected chi connectivity index (χ3v) is 6.08. The highest BCUT2D eigenvalue weighted by Crippen LogP contribution is 2.27. The maximum atomic E-state index is 10.2. The van der Waals surface area contributed by atoms with Crippen molar-refractivity contribution in [2.45, 2.75) is 83.7 Å².